The molecule has 0 aliphatic rings. The maximum absolute atomic E-state index is 13.2. The summed E-state index contributed by atoms with van der Waals surface area (Å²) in [6, 6.07) is 4.54. The number of benzene rings is 1. The largest absolute Gasteiger partial charge is 0.468 e. The van der Waals surface area contributed by atoms with Gasteiger partial charge in [-0.2, -0.15) is 0 Å². The number of halogens is 1. The Morgan fingerprint density at radius 3 is 2.93 bits per heavy atom. The zero-order valence-electron chi connectivity index (χ0n) is 8.33. The molecular weight excluding hydrogens is 217 g/mol. The van der Waals surface area contributed by atoms with Crippen molar-refractivity contribution < 1.29 is 13.9 Å². The maximum Gasteiger partial charge on any atom is 0.315 e. The number of nitrogens with two attached hydrogens (primary N) is 1. The first kappa shape index (κ1) is 11.8. The molecule has 3 nitrogen and oxygen atoms in total. The van der Waals surface area contributed by atoms with Crippen LogP contribution in [0.15, 0.2) is 18.2 Å². The number of carbonyl (C=O) groups excluding carboxylic acids is 1. The van der Waals surface area contributed by atoms with Crippen LogP contribution in [-0.2, 0) is 15.3 Å². The van der Waals surface area contributed by atoms with Crippen LogP contribution in [-0.4, -0.2) is 18.8 Å². The molecule has 0 atom stereocenters. The van der Waals surface area contributed by atoms with Crippen LogP contribution in [0.4, 0.5) is 10.1 Å². The summed E-state index contributed by atoms with van der Waals surface area (Å²) in [7, 11) is 1.32. The highest BCUT2D eigenvalue weighted by Gasteiger charge is 2.07. The molecule has 0 saturated heterocycles. The van der Waals surface area contributed by atoms with E-state index in [2.05, 4.69) is 4.74 Å². The fourth-order valence-electron chi connectivity index (χ4n) is 1.02. The van der Waals surface area contributed by atoms with Gasteiger partial charge in [0.15, 0.2) is 0 Å². The number of carbonyl (C=O) groups is 1. The first-order valence-electron chi connectivity index (χ1n) is 4.32. The Morgan fingerprint density at radius 1 is 1.60 bits per heavy atom. The summed E-state index contributed by atoms with van der Waals surface area (Å²) >= 11 is 1.27. The molecule has 2 N–H and O–H groups in total. The van der Waals surface area contributed by atoms with Gasteiger partial charge < -0.3 is 10.5 Å². The van der Waals surface area contributed by atoms with Gasteiger partial charge in [0.05, 0.1) is 12.9 Å². The number of methoxy groups -OCH3 is 1. The maximum atomic E-state index is 13.2. The zero-order chi connectivity index (χ0) is 11.3. The van der Waals surface area contributed by atoms with Crippen molar-refractivity contribution in [3.05, 3.63) is 29.6 Å². The Bertz CT molecular complexity index is 337. The SMILES string of the molecule is COC(=O)CSCc1c(N)cccc1F. The second-order valence-electron chi connectivity index (χ2n) is 2.88. The minimum Gasteiger partial charge on any atom is -0.468 e. The predicted octanol–water partition coefficient (Wildman–Crippen LogP) is 1.81. The van der Waals surface area contributed by atoms with Crippen molar-refractivity contribution in [1.29, 1.82) is 0 Å². The van der Waals surface area contributed by atoms with E-state index in [1.807, 2.05) is 0 Å². The van der Waals surface area contributed by atoms with Crippen molar-refractivity contribution in [2.24, 2.45) is 0 Å². The second-order valence-corrected chi connectivity index (χ2v) is 3.86. The Kier molecular flexibility index (Phi) is 4.42. The number of hydrogen-bond donors (Lipinski definition) is 1. The van der Waals surface area contributed by atoms with Gasteiger partial charge >= 0.3 is 5.97 Å². The molecule has 0 aliphatic carbocycles. The third kappa shape index (κ3) is 3.43. The van der Waals surface area contributed by atoms with Crippen molar-refractivity contribution in [3.63, 3.8) is 0 Å². The van der Waals surface area contributed by atoms with Crippen LogP contribution >= 0.6 is 11.8 Å². The molecule has 82 valence electrons. The fraction of sp³-hybridized carbons (Fsp3) is 0.300. The van der Waals surface area contributed by atoms with Gasteiger partial charge in [0.25, 0.3) is 0 Å². The van der Waals surface area contributed by atoms with Crippen LogP contribution in [0.5, 0.6) is 0 Å². The van der Waals surface area contributed by atoms with Crippen LogP contribution < -0.4 is 5.73 Å². The molecule has 15 heavy (non-hydrogen) atoms. The van der Waals surface area contributed by atoms with Crippen molar-refractivity contribution in [3.8, 4) is 0 Å². The molecule has 0 saturated carbocycles. The van der Waals surface area contributed by atoms with Crippen molar-refractivity contribution in [1.82, 2.24) is 0 Å². The molecule has 0 aliphatic heterocycles. The Labute approximate surface area is 91.8 Å². The van der Waals surface area contributed by atoms with Gasteiger partial charge in [-0.1, -0.05) is 6.07 Å². The van der Waals surface area contributed by atoms with E-state index in [-0.39, 0.29) is 17.5 Å². The molecule has 0 heterocycles. The minimum atomic E-state index is -0.340. The molecule has 1 aromatic carbocycles. The molecule has 0 fully saturated rings. The summed E-state index contributed by atoms with van der Waals surface area (Å²) < 4.78 is 17.7. The van der Waals surface area contributed by atoms with E-state index in [1.165, 1.54) is 24.9 Å². The van der Waals surface area contributed by atoms with E-state index in [0.717, 1.165) is 0 Å². The van der Waals surface area contributed by atoms with Gasteiger partial charge in [-0.15, -0.1) is 11.8 Å². The minimum absolute atomic E-state index is 0.199. The van der Waals surface area contributed by atoms with Gasteiger partial charge in [-0.25, -0.2) is 4.39 Å². The highest BCUT2D eigenvalue weighted by atomic mass is 32.2. The van der Waals surface area contributed by atoms with E-state index >= 15 is 0 Å². The van der Waals surface area contributed by atoms with Crippen LogP contribution in [0, 0.1) is 5.82 Å². The van der Waals surface area contributed by atoms with E-state index in [1.54, 1.807) is 12.1 Å². The van der Waals surface area contributed by atoms with Gasteiger partial charge in [-0.05, 0) is 12.1 Å². The number of thioether (sulfide) groups is 1. The summed E-state index contributed by atoms with van der Waals surface area (Å²) in [5.41, 5.74) is 6.45. The quantitative estimate of drug-likeness (QED) is 0.632. The summed E-state index contributed by atoms with van der Waals surface area (Å²) in [5.74, 6) is -0.0972. The Hall–Kier alpha value is -1.23. The smallest absolute Gasteiger partial charge is 0.315 e. The molecule has 1 rings (SSSR count). The number of hydrogen-bond acceptors (Lipinski definition) is 4. The van der Waals surface area contributed by atoms with E-state index in [9.17, 15) is 9.18 Å². The number of ether oxygens (including phenoxy) is 1. The zero-order valence-corrected chi connectivity index (χ0v) is 9.14. The molecule has 0 bridgehead atoms. The molecular formula is C10H12FNO2S. The number of rotatable bonds is 4. The van der Waals surface area contributed by atoms with E-state index in [0.29, 0.717) is 17.0 Å². The van der Waals surface area contributed by atoms with Crippen molar-refractivity contribution in [2.45, 2.75) is 5.75 Å². The standard InChI is InChI=1S/C10H12FNO2S/c1-14-10(13)6-15-5-7-8(11)3-2-4-9(7)12/h2-4H,5-6,12H2,1H3. The third-order valence-corrected chi connectivity index (χ3v) is 2.78. The number of anilines is 1. The highest BCUT2D eigenvalue weighted by Crippen LogP contribution is 2.21. The first-order chi connectivity index (χ1) is 7.15. The van der Waals surface area contributed by atoms with E-state index in [4.69, 9.17) is 5.73 Å². The molecule has 1 aromatic rings. The fourth-order valence-corrected chi connectivity index (χ4v) is 1.92. The topological polar surface area (TPSA) is 52.3 Å². The Balaban J connectivity index is 2.54. The summed E-state index contributed by atoms with van der Waals surface area (Å²) in [6.45, 7) is 0. The molecule has 0 aromatic heterocycles. The van der Waals surface area contributed by atoms with Gasteiger partial charge in [0.1, 0.15) is 5.82 Å². The van der Waals surface area contributed by atoms with Gasteiger partial charge in [-0.3, -0.25) is 4.79 Å². The first-order valence-corrected chi connectivity index (χ1v) is 5.48. The number of nitrogen functional groups attached to an aromatic ring is 1. The van der Waals surface area contributed by atoms with Crippen LogP contribution in [0.25, 0.3) is 0 Å². The summed E-state index contributed by atoms with van der Waals surface area (Å²) in [6.07, 6.45) is 0. The molecule has 0 spiro atoms. The predicted molar refractivity (Wildman–Crippen MR) is 59.0 cm³/mol. The molecule has 0 amide bonds. The molecule has 0 radical (unpaired) electrons. The van der Waals surface area contributed by atoms with Gasteiger partial charge in [0.2, 0.25) is 0 Å². The lowest BCUT2D eigenvalue weighted by molar-refractivity contribution is -0.137. The Morgan fingerprint density at radius 2 is 2.33 bits per heavy atom. The highest BCUT2D eigenvalue weighted by molar-refractivity contribution is 7.99. The number of esters is 1. The lowest BCUT2D eigenvalue weighted by Crippen LogP contribution is -2.04. The van der Waals surface area contributed by atoms with Crippen LogP contribution in [0.1, 0.15) is 5.56 Å². The normalized spacial score (nSPS) is 10.0. The molecule has 5 heteroatoms. The lowest BCUT2D eigenvalue weighted by Gasteiger charge is -2.05. The average molecular weight is 229 g/mol. The summed E-state index contributed by atoms with van der Waals surface area (Å²) in [4.78, 5) is 10.8. The second kappa shape index (κ2) is 5.60. The van der Waals surface area contributed by atoms with Gasteiger partial charge in [0, 0.05) is 17.0 Å². The summed E-state index contributed by atoms with van der Waals surface area (Å²) in [5, 5.41) is 0. The van der Waals surface area contributed by atoms with E-state index < -0.39 is 0 Å². The molecule has 0 unspecified atom stereocenters. The lowest BCUT2D eigenvalue weighted by atomic mass is 10.2. The van der Waals surface area contributed by atoms with Crippen molar-refractivity contribution in [2.75, 3.05) is 18.6 Å². The average Bonchev–Trinajstić information content (AvgIpc) is 2.22. The van der Waals surface area contributed by atoms with Crippen LogP contribution in [0.2, 0.25) is 0 Å². The third-order valence-electron chi connectivity index (χ3n) is 1.85. The monoisotopic (exact) mass is 229 g/mol. The van der Waals surface area contributed by atoms with Crippen LogP contribution in [0.3, 0.4) is 0 Å². The van der Waals surface area contributed by atoms with Crippen molar-refractivity contribution >= 4 is 23.4 Å².